The lowest BCUT2D eigenvalue weighted by molar-refractivity contribution is 0.0954. The van der Waals surface area contributed by atoms with E-state index in [1.807, 2.05) is 36.4 Å². The molecule has 124 valence electrons. The quantitative estimate of drug-likeness (QED) is 0.701. The minimum absolute atomic E-state index is 0.00969. The molecule has 0 unspecified atom stereocenters. The van der Waals surface area contributed by atoms with Crippen molar-refractivity contribution in [2.75, 3.05) is 7.11 Å². The van der Waals surface area contributed by atoms with Crippen molar-refractivity contribution in [1.29, 1.82) is 0 Å². The van der Waals surface area contributed by atoms with Crippen LogP contribution in [0.15, 0.2) is 48.5 Å². The SMILES string of the molecule is CCCc1c(C(=O)NCc2ccc(OC)cc2)sc2ccccc12. The Balaban J connectivity index is 1.78. The van der Waals surface area contributed by atoms with Crippen molar-refractivity contribution >= 4 is 27.3 Å². The molecule has 0 aliphatic heterocycles. The van der Waals surface area contributed by atoms with Crippen molar-refractivity contribution in [2.45, 2.75) is 26.3 Å². The molecule has 3 nitrogen and oxygen atoms in total. The number of benzene rings is 2. The smallest absolute Gasteiger partial charge is 0.261 e. The van der Waals surface area contributed by atoms with Gasteiger partial charge in [-0.1, -0.05) is 43.7 Å². The third kappa shape index (κ3) is 3.44. The number of aryl methyl sites for hydroxylation is 1. The average Bonchev–Trinajstić information content (AvgIpc) is 2.99. The normalized spacial score (nSPS) is 10.8. The lowest BCUT2D eigenvalue weighted by atomic mass is 10.1. The molecule has 0 saturated carbocycles. The van der Waals surface area contributed by atoms with Crippen LogP contribution in [0.25, 0.3) is 10.1 Å². The summed E-state index contributed by atoms with van der Waals surface area (Å²) >= 11 is 1.58. The lowest BCUT2D eigenvalue weighted by Gasteiger charge is -2.07. The molecule has 3 rings (SSSR count). The van der Waals surface area contributed by atoms with Crippen molar-refractivity contribution in [2.24, 2.45) is 0 Å². The number of carbonyl (C=O) groups is 1. The molecule has 1 aromatic heterocycles. The fourth-order valence-corrected chi connectivity index (χ4v) is 3.95. The van der Waals surface area contributed by atoms with Crippen LogP contribution in [0.2, 0.25) is 0 Å². The van der Waals surface area contributed by atoms with Gasteiger partial charge in [0.1, 0.15) is 5.75 Å². The van der Waals surface area contributed by atoms with Gasteiger partial charge in [-0.3, -0.25) is 4.79 Å². The second-order valence-corrected chi connectivity index (χ2v) is 6.74. The summed E-state index contributed by atoms with van der Waals surface area (Å²) in [6.45, 7) is 2.66. The van der Waals surface area contributed by atoms with Crippen LogP contribution < -0.4 is 10.1 Å². The number of hydrogen-bond acceptors (Lipinski definition) is 3. The summed E-state index contributed by atoms with van der Waals surface area (Å²) in [5, 5.41) is 4.25. The molecular formula is C20H21NO2S. The molecule has 1 amide bonds. The molecule has 0 fully saturated rings. The predicted octanol–water partition coefficient (Wildman–Crippen LogP) is 4.79. The van der Waals surface area contributed by atoms with Crippen molar-refractivity contribution in [3.8, 4) is 5.75 Å². The Morgan fingerprint density at radius 1 is 1.12 bits per heavy atom. The van der Waals surface area contributed by atoms with E-state index in [9.17, 15) is 4.79 Å². The topological polar surface area (TPSA) is 38.3 Å². The van der Waals surface area contributed by atoms with Gasteiger partial charge in [0.15, 0.2) is 0 Å². The Bertz CT molecular complexity index is 836. The van der Waals surface area contributed by atoms with Crippen molar-refractivity contribution in [3.63, 3.8) is 0 Å². The van der Waals surface area contributed by atoms with E-state index in [1.54, 1.807) is 18.4 Å². The summed E-state index contributed by atoms with van der Waals surface area (Å²) in [6, 6.07) is 16.0. The lowest BCUT2D eigenvalue weighted by Crippen LogP contribution is -2.22. The first-order valence-electron chi connectivity index (χ1n) is 8.14. The molecule has 0 atom stereocenters. The number of nitrogens with one attached hydrogen (secondary N) is 1. The third-order valence-electron chi connectivity index (χ3n) is 4.02. The number of ether oxygens (including phenoxy) is 1. The van der Waals surface area contributed by atoms with Crippen LogP contribution in [0, 0.1) is 0 Å². The second kappa shape index (κ2) is 7.49. The average molecular weight is 339 g/mol. The molecule has 2 aromatic carbocycles. The van der Waals surface area contributed by atoms with Crippen LogP contribution in [0.3, 0.4) is 0 Å². The molecule has 0 aliphatic carbocycles. The second-order valence-electron chi connectivity index (χ2n) is 5.69. The van der Waals surface area contributed by atoms with E-state index in [0.717, 1.165) is 29.0 Å². The highest BCUT2D eigenvalue weighted by atomic mass is 32.1. The molecule has 3 aromatic rings. The highest BCUT2D eigenvalue weighted by Gasteiger charge is 2.17. The molecular weight excluding hydrogens is 318 g/mol. The summed E-state index contributed by atoms with van der Waals surface area (Å²) in [7, 11) is 1.65. The monoisotopic (exact) mass is 339 g/mol. The molecule has 0 aliphatic rings. The Kier molecular flexibility index (Phi) is 5.16. The van der Waals surface area contributed by atoms with Gasteiger partial charge < -0.3 is 10.1 Å². The van der Waals surface area contributed by atoms with Gasteiger partial charge >= 0.3 is 0 Å². The molecule has 0 radical (unpaired) electrons. The van der Waals surface area contributed by atoms with Crippen molar-refractivity contribution < 1.29 is 9.53 Å². The molecule has 0 bridgehead atoms. The maximum atomic E-state index is 12.7. The van der Waals surface area contributed by atoms with Gasteiger partial charge in [-0.15, -0.1) is 11.3 Å². The Labute approximate surface area is 146 Å². The van der Waals surface area contributed by atoms with Crippen molar-refractivity contribution in [1.82, 2.24) is 5.32 Å². The van der Waals surface area contributed by atoms with Gasteiger partial charge in [0.2, 0.25) is 0 Å². The van der Waals surface area contributed by atoms with E-state index in [1.165, 1.54) is 15.6 Å². The van der Waals surface area contributed by atoms with E-state index >= 15 is 0 Å². The van der Waals surface area contributed by atoms with E-state index in [2.05, 4.69) is 24.4 Å². The highest BCUT2D eigenvalue weighted by molar-refractivity contribution is 7.21. The zero-order valence-electron chi connectivity index (χ0n) is 14.0. The number of methoxy groups -OCH3 is 1. The van der Waals surface area contributed by atoms with Crippen LogP contribution in [-0.2, 0) is 13.0 Å². The maximum Gasteiger partial charge on any atom is 0.261 e. The molecule has 1 heterocycles. The molecule has 1 N–H and O–H groups in total. The summed E-state index contributed by atoms with van der Waals surface area (Å²) < 4.78 is 6.33. The Morgan fingerprint density at radius 3 is 2.58 bits per heavy atom. The van der Waals surface area contributed by atoms with Crippen LogP contribution in [0.4, 0.5) is 0 Å². The number of hydrogen-bond donors (Lipinski definition) is 1. The van der Waals surface area contributed by atoms with E-state index in [0.29, 0.717) is 6.54 Å². The van der Waals surface area contributed by atoms with Gasteiger partial charge in [-0.2, -0.15) is 0 Å². The van der Waals surface area contributed by atoms with Crippen LogP contribution in [-0.4, -0.2) is 13.0 Å². The van der Waals surface area contributed by atoms with Gasteiger partial charge in [-0.25, -0.2) is 0 Å². The number of fused-ring (bicyclic) bond motifs is 1. The van der Waals surface area contributed by atoms with Gasteiger partial charge in [0, 0.05) is 11.2 Å². The van der Waals surface area contributed by atoms with Crippen molar-refractivity contribution in [3.05, 3.63) is 64.5 Å². The summed E-state index contributed by atoms with van der Waals surface area (Å²) in [6.07, 6.45) is 1.95. The fourth-order valence-electron chi connectivity index (χ4n) is 2.79. The molecule has 24 heavy (non-hydrogen) atoms. The largest absolute Gasteiger partial charge is 0.497 e. The Morgan fingerprint density at radius 2 is 1.88 bits per heavy atom. The number of thiophene rings is 1. The number of carbonyl (C=O) groups excluding carboxylic acids is 1. The maximum absolute atomic E-state index is 12.7. The summed E-state index contributed by atoms with van der Waals surface area (Å²) in [5.74, 6) is 0.829. The first-order valence-corrected chi connectivity index (χ1v) is 8.96. The highest BCUT2D eigenvalue weighted by Crippen LogP contribution is 2.32. The molecule has 0 saturated heterocycles. The van der Waals surface area contributed by atoms with Crippen LogP contribution >= 0.6 is 11.3 Å². The van der Waals surface area contributed by atoms with E-state index in [-0.39, 0.29) is 5.91 Å². The van der Waals surface area contributed by atoms with Gasteiger partial charge in [-0.05, 0) is 41.1 Å². The standard InChI is InChI=1S/C20H21NO2S/c1-3-6-17-16-7-4-5-8-18(16)24-19(17)20(22)21-13-14-9-11-15(23-2)12-10-14/h4-5,7-12H,3,6,13H2,1-2H3,(H,21,22). The number of amides is 1. The van der Waals surface area contributed by atoms with Crippen LogP contribution in [0.5, 0.6) is 5.75 Å². The molecule has 4 heteroatoms. The zero-order valence-corrected chi connectivity index (χ0v) is 14.8. The van der Waals surface area contributed by atoms with E-state index < -0.39 is 0 Å². The first kappa shape index (κ1) is 16.5. The first-order chi connectivity index (χ1) is 11.7. The third-order valence-corrected chi connectivity index (χ3v) is 5.23. The van der Waals surface area contributed by atoms with Crippen LogP contribution in [0.1, 0.15) is 34.1 Å². The Hall–Kier alpha value is -2.33. The summed E-state index contributed by atoms with van der Waals surface area (Å²) in [4.78, 5) is 13.5. The summed E-state index contributed by atoms with van der Waals surface area (Å²) in [5.41, 5.74) is 2.23. The minimum atomic E-state index is 0.00969. The fraction of sp³-hybridized carbons (Fsp3) is 0.250. The predicted molar refractivity (Wildman–Crippen MR) is 100.0 cm³/mol. The van der Waals surface area contributed by atoms with Gasteiger partial charge in [0.05, 0.1) is 12.0 Å². The minimum Gasteiger partial charge on any atom is -0.497 e. The van der Waals surface area contributed by atoms with Gasteiger partial charge in [0.25, 0.3) is 5.91 Å². The van der Waals surface area contributed by atoms with E-state index in [4.69, 9.17) is 4.74 Å². The number of rotatable bonds is 6. The molecule has 0 spiro atoms. The zero-order chi connectivity index (χ0) is 16.9.